The molecule has 0 aliphatic heterocycles. The van der Waals surface area contributed by atoms with Gasteiger partial charge in [-0.25, -0.2) is 0 Å². The first kappa shape index (κ1) is 19.4. The number of hydrogen-bond donors (Lipinski definition) is 1. The maximum Gasteiger partial charge on any atom is 0.248 e. The molecule has 3 rings (SSSR count). The summed E-state index contributed by atoms with van der Waals surface area (Å²) in [7, 11) is 0. The number of ether oxygens (including phenoxy) is 1. The molecule has 3 nitrogen and oxygen atoms in total. The summed E-state index contributed by atoms with van der Waals surface area (Å²) in [6.45, 7) is 4.74. The minimum Gasteiger partial charge on any atom is -0.489 e. The van der Waals surface area contributed by atoms with Crippen LogP contribution in [0.4, 0.5) is 5.69 Å². The van der Waals surface area contributed by atoms with Gasteiger partial charge < -0.3 is 10.1 Å². The zero-order chi connectivity index (χ0) is 19.8. The molecule has 0 aliphatic carbocycles. The average molecular weight is 371 g/mol. The van der Waals surface area contributed by atoms with Gasteiger partial charge in [0.1, 0.15) is 12.4 Å². The van der Waals surface area contributed by atoms with Gasteiger partial charge in [0.15, 0.2) is 0 Å². The Bertz CT molecular complexity index is 946. The Morgan fingerprint density at radius 2 is 1.71 bits per heavy atom. The Morgan fingerprint density at radius 3 is 2.50 bits per heavy atom. The van der Waals surface area contributed by atoms with Crippen molar-refractivity contribution >= 4 is 17.7 Å². The number of carbonyl (C=O) groups excluding carboxylic acids is 1. The highest BCUT2D eigenvalue weighted by Gasteiger charge is 2.07. The lowest BCUT2D eigenvalue weighted by Gasteiger charge is -2.12. The zero-order valence-corrected chi connectivity index (χ0v) is 16.3. The second-order valence-corrected chi connectivity index (χ2v) is 6.91. The SMILES string of the molecule is CC(C)c1ccccc1NC(=O)/C=C/c1cccc(OCc2ccccc2)c1. The van der Waals surface area contributed by atoms with Crippen LogP contribution in [0.25, 0.3) is 6.08 Å². The number of para-hydroxylation sites is 1. The molecule has 3 aromatic carbocycles. The van der Waals surface area contributed by atoms with Crippen molar-refractivity contribution in [3.8, 4) is 5.75 Å². The van der Waals surface area contributed by atoms with Gasteiger partial charge in [0.25, 0.3) is 0 Å². The molecule has 0 fully saturated rings. The number of anilines is 1. The maximum absolute atomic E-state index is 12.3. The fourth-order valence-corrected chi connectivity index (χ4v) is 2.91. The molecule has 0 heterocycles. The summed E-state index contributed by atoms with van der Waals surface area (Å²) in [4.78, 5) is 12.3. The van der Waals surface area contributed by atoms with E-state index in [0.717, 1.165) is 28.1 Å². The Hall–Kier alpha value is -3.33. The minimum absolute atomic E-state index is 0.149. The third kappa shape index (κ3) is 5.58. The van der Waals surface area contributed by atoms with E-state index in [1.807, 2.05) is 78.9 Å². The quantitative estimate of drug-likeness (QED) is 0.514. The van der Waals surface area contributed by atoms with Crippen LogP contribution in [-0.4, -0.2) is 5.91 Å². The topological polar surface area (TPSA) is 38.3 Å². The second-order valence-electron chi connectivity index (χ2n) is 6.91. The van der Waals surface area contributed by atoms with Crippen LogP contribution in [0.15, 0.2) is 84.9 Å². The summed E-state index contributed by atoms with van der Waals surface area (Å²) in [5.41, 5.74) is 4.01. The van der Waals surface area contributed by atoms with E-state index >= 15 is 0 Å². The van der Waals surface area contributed by atoms with Gasteiger partial charge in [-0.3, -0.25) is 4.79 Å². The van der Waals surface area contributed by atoms with E-state index in [1.54, 1.807) is 12.2 Å². The first-order chi connectivity index (χ1) is 13.6. The highest BCUT2D eigenvalue weighted by Crippen LogP contribution is 2.23. The monoisotopic (exact) mass is 371 g/mol. The van der Waals surface area contributed by atoms with Gasteiger partial charge in [0.05, 0.1) is 0 Å². The molecule has 0 unspecified atom stereocenters. The molecule has 0 aromatic heterocycles. The maximum atomic E-state index is 12.3. The van der Waals surface area contributed by atoms with E-state index in [2.05, 4.69) is 19.2 Å². The molecule has 1 amide bonds. The number of benzene rings is 3. The van der Waals surface area contributed by atoms with Crippen molar-refractivity contribution in [1.82, 2.24) is 0 Å². The van der Waals surface area contributed by atoms with Crippen LogP contribution < -0.4 is 10.1 Å². The molecule has 142 valence electrons. The predicted molar refractivity (Wildman–Crippen MR) is 115 cm³/mol. The number of hydrogen-bond acceptors (Lipinski definition) is 2. The lowest BCUT2D eigenvalue weighted by molar-refractivity contribution is -0.111. The minimum atomic E-state index is -0.149. The van der Waals surface area contributed by atoms with E-state index < -0.39 is 0 Å². The van der Waals surface area contributed by atoms with E-state index in [4.69, 9.17) is 4.74 Å². The fraction of sp³-hybridized carbons (Fsp3) is 0.160. The molecule has 0 aliphatic rings. The standard InChI is InChI=1S/C25H25NO2/c1-19(2)23-13-6-7-14-24(23)26-25(27)16-15-20-11-8-12-22(17-20)28-18-21-9-4-3-5-10-21/h3-17,19H,18H2,1-2H3,(H,26,27)/b16-15+. The van der Waals surface area contributed by atoms with Crippen molar-refractivity contribution in [2.24, 2.45) is 0 Å². The summed E-state index contributed by atoms with van der Waals surface area (Å²) in [5, 5.41) is 2.97. The van der Waals surface area contributed by atoms with Crippen LogP contribution in [0.5, 0.6) is 5.75 Å². The second kappa shape index (κ2) is 9.56. The summed E-state index contributed by atoms with van der Waals surface area (Å²) in [6.07, 6.45) is 3.34. The number of amides is 1. The van der Waals surface area contributed by atoms with Crippen LogP contribution in [0.2, 0.25) is 0 Å². The van der Waals surface area contributed by atoms with E-state index in [1.165, 1.54) is 0 Å². The van der Waals surface area contributed by atoms with Crippen molar-refractivity contribution in [2.45, 2.75) is 26.4 Å². The van der Waals surface area contributed by atoms with Crippen molar-refractivity contribution < 1.29 is 9.53 Å². The van der Waals surface area contributed by atoms with Gasteiger partial charge in [0, 0.05) is 11.8 Å². The summed E-state index contributed by atoms with van der Waals surface area (Å²) in [6, 6.07) is 25.6. The molecule has 0 saturated carbocycles. The Balaban J connectivity index is 1.62. The predicted octanol–water partition coefficient (Wildman–Crippen LogP) is 6.04. The molecule has 0 radical (unpaired) electrons. The first-order valence-electron chi connectivity index (χ1n) is 9.46. The van der Waals surface area contributed by atoms with Crippen LogP contribution in [0, 0.1) is 0 Å². The molecular weight excluding hydrogens is 346 g/mol. The van der Waals surface area contributed by atoms with Crippen molar-refractivity contribution in [3.63, 3.8) is 0 Å². The summed E-state index contributed by atoms with van der Waals surface area (Å²) in [5.74, 6) is 0.971. The molecule has 28 heavy (non-hydrogen) atoms. The number of carbonyl (C=O) groups is 1. The lowest BCUT2D eigenvalue weighted by atomic mass is 10.0. The molecule has 0 spiro atoms. The first-order valence-corrected chi connectivity index (χ1v) is 9.46. The van der Waals surface area contributed by atoms with Gasteiger partial charge in [-0.15, -0.1) is 0 Å². The van der Waals surface area contributed by atoms with Gasteiger partial charge in [-0.1, -0.05) is 74.5 Å². The molecule has 0 atom stereocenters. The zero-order valence-electron chi connectivity index (χ0n) is 16.3. The van der Waals surface area contributed by atoms with E-state index in [-0.39, 0.29) is 5.91 Å². The third-order valence-corrected chi connectivity index (χ3v) is 4.37. The van der Waals surface area contributed by atoms with E-state index in [0.29, 0.717) is 12.5 Å². The molecule has 0 saturated heterocycles. The smallest absolute Gasteiger partial charge is 0.248 e. The Kier molecular flexibility index (Phi) is 6.64. The third-order valence-electron chi connectivity index (χ3n) is 4.37. The van der Waals surface area contributed by atoms with Crippen LogP contribution in [0.1, 0.15) is 36.5 Å². The highest BCUT2D eigenvalue weighted by atomic mass is 16.5. The number of nitrogens with one attached hydrogen (secondary N) is 1. The average Bonchev–Trinajstić information content (AvgIpc) is 2.72. The molecular formula is C25H25NO2. The summed E-state index contributed by atoms with van der Waals surface area (Å²) < 4.78 is 5.84. The van der Waals surface area contributed by atoms with Gasteiger partial charge in [-0.05, 0) is 46.9 Å². The summed E-state index contributed by atoms with van der Waals surface area (Å²) >= 11 is 0. The molecule has 1 N–H and O–H groups in total. The van der Waals surface area contributed by atoms with Gasteiger partial charge in [-0.2, -0.15) is 0 Å². The number of rotatable bonds is 7. The van der Waals surface area contributed by atoms with Gasteiger partial charge >= 0.3 is 0 Å². The molecule has 3 aromatic rings. The fourth-order valence-electron chi connectivity index (χ4n) is 2.91. The van der Waals surface area contributed by atoms with Crippen molar-refractivity contribution in [3.05, 3.63) is 102 Å². The largest absolute Gasteiger partial charge is 0.489 e. The normalized spacial score (nSPS) is 11.0. The molecule has 3 heteroatoms. The van der Waals surface area contributed by atoms with Crippen LogP contribution >= 0.6 is 0 Å². The lowest BCUT2D eigenvalue weighted by Crippen LogP contribution is -2.10. The highest BCUT2D eigenvalue weighted by molar-refractivity contribution is 6.02. The van der Waals surface area contributed by atoms with Gasteiger partial charge in [0.2, 0.25) is 5.91 Å². The van der Waals surface area contributed by atoms with Crippen molar-refractivity contribution in [1.29, 1.82) is 0 Å². The molecule has 0 bridgehead atoms. The Morgan fingerprint density at radius 1 is 0.964 bits per heavy atom. The van der Waals surface area contributed by atoms with Crippen LogP contribution in [-0.2, 0) is 11.4 Å². The van der Waals surface area contributed by atoms with Crippen LogP contribution in [0.3, 0.4) is 0 Å². The van der Waals surface area contributed by atoms with Crippen molar-refractivity contribution in [2.75, 3.05) is 5.32 Å². The Labute approximate surface area is 166 Å². The van der Waals surface area contributed by atoms with E-state index in [9.17, 15) is 4.79 Å².